The van der Waals surface area contributed by atoms with Crippen molar-refractivity contribution in [3.05, 3.63) is 22.4 Å². The minimum absolute atomic E-state index is 0.125. The van der Waals surface area contributed by atoms with Gasteiger partial charge in [0.25, 0.3) is 0 Å². The molecular weight excluding hydrogens is 244 g/mol. The lowest BCUT2D eigenvalue weighted by molar-refractivity contribution is -0.134. The zero-order chi connectivity index (χ0) is 13.1. The zero-order valence-corrected chi connectivity index (χ0v) is 12.0. The van der Waals surface area contributed by atoms with Gasteiger partial charge < -0.3 is 10.6 Å². The summed E-state index contributed by atoms with van der Waals surface area (Å²) in [5.41, 5.74) is 6.03. The number of carbonyl (C=O) groups is 1. The SMILES string of the molecule is CC(C)CC(N)C(=O)N(Cc1cccs1)C1CC1. The molecule has 100 valence electrons. The zero-order valence-electron chi connectivity index (χ0n) is 11.1. The van der Waals surface area contributed by atoms with E-state index < -0.39 is 0 Å². The molecule has 3 nitrogen and oxygen atoms in total. The van der Waals surface area contributed by atoms with Crippen LogP contribution in [-0.4, -0.2) is 22.9 Å². The molecule has 1 unspecified atom stereocenters. The van der Waals surface area contributed by atoms with Crippen molar-refractivity contribution in [2.45, 2.75) is 51.7 Å². The van der Waals surface area contributed by atoms with Crippen LogP contribution in [0.5, 0.6) is 0 Å². The first kappa shape index (κ1) is 13.6. The molecular formula is C14H22N2OS. The number of nitrogens with two attached hydrogens (primary N) is 1. The van der Waals surface area contributed by atoms with Crippen molar-refractivity contribution in [3.63, 3.8) is 0 Å². The second kappa shape index (κ2) is 5.85. The third-order valence-corrected chi connectivity index (χ3v) is 4.08. The van der Waals surface area contributed by atoms with Gasteiger partial charge in [0.15, 0.2) is 0 Å². The Morgan fingerprint density at radius 2 is 2.28 bits per heavy atom. The van der Waals surface area contributed by atoms with Crippen molar-refractivity contribution in [3.8, 4) is 0 Å². The van der Waals surface area contributed by atoms with Crippen LogP contribution in [-0.2, 0) is 11.3 Å². The van der Waals surface area contributed by atoms with Gasteiger partial charge in [-0.15, -0.1) is 11.3 Å². The van der Waals surface area contributed by atoms with Crippen LogP contribution < -0.4 is 5.73 Å². The molecule has 1 fully saturated rings. The minimum atomic E-state index is -0.342. The van der Waals surface area contributed by atoms with E-state index in [-0.39, 0.29) is 11.9 Å². The summed E-state index contributed by atoms with van der Waals surface area (Å²) in [6.45, 7) is 4.94. The smallest absolute Gasteiger partial charge is 0.240 e. The second-order valence-corrected chi connectivity index (χ2v) is 6.54. The Labute approximate surface area is 113 Å². The number of rotatable bonds is 6. The van der Waals surface area contributed by atoms with Gasteiger partial charge in [0.05, 0.1) is 12.6 Å². The predicted octanol–water partition coefficient (Wildman–Crippen LogP) is 2.61. The maximum Gasteiger partial charge on any atom is 0.240 e. The normalized spacial score (nSPS) is 16.9. The molecule has 1 amide bonds. The molecule has 0 radical (unpaired) electrons. The molecule has 1 aromatic heterocycles. The van der Waals surface area contributed by atoms with Gasteiger partial charge in [-0.2, -0.15) is 0 Å². The summed E-state index contributed by atoms with van der Waals surface area (Å²) in [5, 5.41) is 2.05. The summed E-state index contributed by atoms with van der Waals surface area (Å²) in [4.78, 5) is 15.6. The number of hydrogen-bond acceptors (Lipinski definition) is 3. The third kappa shape index (κ3) is 3.56. The van der Waals surface area contributed by atoms with Gasteiger partial charge in [0.1, 0.15) is 0 Å². The van der Waals surface area contributed by atoms with Gasteiger partial charge in [-0.05, 0) is 36.6 Å². The summed E-state index contributed by atoms with van der Waals surface area (Å²) in [5.74, 6) is 0.589. The number of hydrogen-bond donors (Lipinski definition) is 1. The highest BCUT2D eigenvalue weighted by atomic mass is 32.1. The van der Waals surface area contributed by atoms with E-state index in [4.69, 9.17) is 5.73 Å². The van der Waals surface area contributed by atoms with E-state index in [9.17, 15) is 4.79 Å². The molecule has 0 spiro atoms. The van der Waals surface area contributed by atoms with E-state index in [0.717, 1.165) is 25.8 Å². The summed E-state index contributed by atoms with van der Waals surface area (Å²) < 4.78 is 0. The minimum Gasteiger partial charge on any atom is -0.333 e. The third-order valence-electron chi connectivity index (χ3n) is 3.22. The lowest BCUT2D eigenvalue weighted by atomic mass is 10.0. The van der Waals surface area contributed by atoms with Crippen molar-refractivity contribution in [2.75, 3.05) is 0 Å². The Kier molecular flexibility index (Phi) is 4.40. The van der Waals surface area contributed by atoms with E-state index in [1.54, 1.807) is 11.3 Å². The predicted molar refractivity (Wildman–Crippen MR) is 75.3 cm³/mol. The molecule has 1 heterocycles. The van der Waals surface area contributed by atoms with Crippen LogP contribution in [0.1, 0.15) is 38.0 Å². The molecule has 1 aliphatic rings. The fourth-order valence-electron chi connectivity index (χ4n) is 2.17. The van der Waals surface area contributed by atoms with Crippen molar-refractivity contribution in [1.82, 2.24) is 4.90 Å². The Morgan fingerprint density at radius 3 is 2.78 bits per heavy atom. The average molecular weight is 266 g/mol. The lowest BCUT2D eigenvalue weighted by Crippen LogP contribution is -2.45. The van der Waals surface area contributed by atoms with Gasteiger partial charge in [0, 0.05) is 10.9 Å². The molecule has 0 aliphatic heterocycles. The van der Waals surface area contributed by atoms with Gasteiger partial charge >= 0.3 is 0 Å². The van der Waals surface area contributed by atoms with Crippen LogP contribution in [0.2, 0.25) is 0 Å². The molecule has 18 heavy (non-hydrogen) atoms. The molecule has 4 heteroatoms. The number of carbonyl (C=O) groups excluding carboxylic acids is 1. The summed E-state index contributed by atoms with van der Waals surface area (Å²) in [6, 6.07) is 4.20. The Hall–Kier alpha value is -0.870. The number of nitrogens with zero attached hydrogens (tertiary/aromatic N) is 1. The van der Waals surface area contributed by atoms with Crippen LogP contribution in [0.15, 0.2) is 17.5 Å². The van der Waals surface area contributed by atoms with Gasteiger partial charge in [-0.25, -0.2) is 0 Å². The van der Waals surface area contributed by atoms with Crippen LogP contribution in [0, 0.1) is 5.92 Å². The Balaban J connectivity index is 1.98. The maximum absolute atomic E-state index is 12.4. The van der Waals surface area contributed by atoms with Crippen LogP contribution >= 0.6 is 11.3 Å². The van der Waals surface area contributed by atoms with Crippen LogP contribution in [0.3, 0.4) is 0 Å². The van der Waals surface area contributed by atoms with Crippen molar-refractivity contribution < 1.29 is 4.79 Å². The molecule has 1 atom stereocenters. The first-order valence-electron chi connectivity index (χ1n) is 6.66. The highest BCUT2D eigenvalue weighted by Crippen LogP contribution is 2.30. The molecule has 1 aliphatic carbocycles. The standard InChI is InChI=1S/C14H22N2OS/c1-10(2)8-13(15)14(17)16(11-5-6-11)9-12-4-3-7-18-12/h3-4,7,10-11,13H,5-6,8-9,15H2,1-2H3. The van der Waals surface area contributed by atoms with Crippen LogP contribution in [0.25, 0.3) is 0 Å². The first-order valence-corrected chi connectivity index (χ1v) is 7.54. The largest absolute Gasteiger partial charge is 0.333 e. The second-order valence-electron chi connectivity index (χ2n) is 5.51. The monoisotopic (exact) mass is 266 g/mol. The molecule has 2 rings (SSSR count). The molecule has 1 saturated carbocycles. The Bertz CT molecular complexity index is 385. The van der Waals surface area contributed by atoms with E-state index in [1.807, 2.05) is 11.0 Å². The fourth-order valence-corrected chi connectivity index (χ4v) is 2.87. The lowest BCUT2D eigenvalue weighted by Gasteiger charge is -2.26. The topological polar surface area (TPSA) is 46.3 Å². The molecule has 2 N–H and O–H groups in total. The van der Waals surface area contributed by atoms with E-state index in [1.165, 1.54) is 4.88 Å². The van der Waals surface area contributed by atoms with Gasteiger partial charge in [-0.1, -0.05) is 19.9 Å². The molecule has 0 aromatic carbocycles. The van der Waals surface area contributed by atoms with Gasteiger partial charge in [0.2, 0.25) is 5.91 Å². The first-order chi connectivity index (χ1) is 8.58. The Morgan fingerprint density at radius 1 is 1.56 bits per heavy atom. The van der Waals surface area contributed by atoms with E-state index in [2.05, 4.69) is 25.3 Å². The van der Waals surface area contributed by atoms with Crippen LogP contribution in [0.4, 0.5) is 0 Å². The molecule has 0 saturated heterocycles. The van der Waals surface area contributed by atoms with E-state index in [0.29, 0.717) is 12.0 Å². The van der Waals surface area contributed by atoms with E-state index >= 15 is 0 Å². The molecule has 0 bridgehead atoms. The molecule has 1 aromatic rings. The quantitative estimate of drug-likeness (QED) is 0.860. The number of amides is 1. The van der Waals surface area contributed by atoms with Crippen molar-refractivity contribution in [2.24, 2.45) is 11.7 Å². The fraction of sp³-hybridized carbons (Fsp3) is 0.643. The van der Waals surface area contributed by atoms with Gasteiger partial charge in [-0.3, -0.25) is 4.79 Å². The highest BCUT2D eigenvalue weighted by Gasteiger charge is 2.34. The average Bonchev–Trinajstić information content (AvgIpc) is 3.02. The summed E-state index contributed by atoms with van der Waals surface area (Å²) in [7, 11) is 0. The van der Waals surface area contributed by atoms with Crippen molar-refractivity contribution in [1.29, 1.82) is 0 Å². The highest BCUT2D eigenvalue weighted by molar-refractivity contribution is 7.09. The summed E-state index contributed by atoms with van der Waals surface area (Å²) in [6.07, 6.45) is 3.03. The maximum atomic E-state index is 12.4. The summed E-state index contributed by atoms with van der Waals surface area (Å²) >= 11 is 1.70. The van der Waals surface area contributed by atoms with Crippen molar-refractivity contribution >= 4 is 17.2 Å². The number of thiophene rings is 1.